The van der Waals surface area contributed by atoms with Gasteiger partial charge in [-0.1, -0.05) is 0 Å². The number of rotatable bonds is 3. The summed E-state index contributed by atoms with van der Waals surface area (Å²) in [6, 6.07) is 4.41. The molecule has 0 atom stereocenters. The van der Waals surface area contributed by atoms with E-state index in [-0.39, 0.29) is 5.82 Å². The number of nitrogens with zero attached hydrogens (tertiary/aromatic N) is 4. The Kier molecular flexibility index (Phi) is 3.60. The molecule has 0 saturated carbocycles. The molecule has 0 bridgehead atoms. The molecular formula is C13H16FN5O. The topological polar surface area (TPSA) is 78.9 Å². The third kappa shape index (κ3) is 2.62. The molecule has 106 valence electrons. The largest absolute Gasteiger partial charge is 0.399 e. The molecular weight excluding hydrogens is 261 g/mol. The number of anilines is 1. The zero-order valence-electron chi connectivity index (χ0n) is 11.0. The summed E-state index contributed by atoms with van der Waals surface area (Å²) in [5, 5.41) is 11.6. The first-order chi connectivity index (χ1) is 9.74. The smallest absolute Gasteiger partial charge is 0.185 e. The van der Waals surface area contributed by atoms with Gasteiger partial charge >= 0.3 is 0 Å². The Balaban J connectivity index is 1.87. The first-order valence-corrected chi connectivity index (χ1v) is 6.63. The zero-order chi connectivity index (χ0) is 13.9. The van der Waals surface area contributed by atoms with E-state index in [1.807, 2.05) is 0 Å². The molecule has 1 aliphatic heterocycles. The van der Waals surface area contributed by atoms with Gasteiger partial charge in [0.25, 0.3) is 0 Å². The van der Waals surface area contributed by atoms with E-state index in [0.29, 0.717) is 29.5 Å². The quantitative estimate of drug-likeness (QED) is 0.860. The molecule has 1 fully saturated rings. The normalized spacial score (nSPS) is 16.4. The Morgan fingerprint density at radius 2 is 2.15 bits per heavy atom. The van der Waals surface area contributed by atoms with Gasteiger partial charge in [-0.05, 0) is 47.4 Å². The van der Waals surface area contributed by atoms with Crippen LogP contribution in [0.4, 0.5) is 10.1 Å². The summed E-state index contributed by atoms with van der Waals surface area (Å²) in [6.45, 7) is 2.18. The first kappa shape index (κ1) is 13.0. The highest BCUT2D eigenvalue weighted by Crippen LogP contribution is 2.24. The molecule has 0 spiro atoms. The second-order valence-electron chi connectivity index (χ2n) is 4.98. The Morgan fingerprint density at radius 3 is 2.95 bits per heavy atom. The number of aromatic nitrogens is 4. The lowest BCUT2D eigenvalue weighted by Gasteiger charge is -2.21. The van der Waals surface area contributed by atoms with E-state index in [1.165, 1.54) is 12.1 Å². The van der Waals surface area contributed by atoms with Crippen molar-refractivity contribution in [3.05, 3.63) is 24.0 Å². The van der Waals surface area contributed by atoms with Crippen molar-refractivity contribution in [3.63, 3.8) is 0 Å². The van der Waals surface area contributed by atoms with Crippen molar-refractivity contribution in [2.24, 2.45) is 5.92 Å². The highest BCUT2D eigenvalue weighted by Gasteiger charge is 2.19. The minimum Gasteiger partial charge on any atom is -0.399 e. The van der Waals surface area contributed by atoms with Crippen LogP contribution in [0.25, 0.3) is 11.4 Å². The van der Waals surface area contributed by atoms with Crippen molar-refractivity contribution >= 4 is 5.69 Å². The van der Waals surface area contributed by atoms with E-state index in [4.69, 9.17) is 10.5 Å². The predicted molar refractivity (Wildman–Crippen MR) is 71.2 cm³/mol. The predicted octanol–water partition coefficient (Wildman–Crippen LogP) is 1.49. The van der Waals surface area contributed by atoms with Crippen molar-refractivity contribution in [3.8, 4) is 11.4 Å². The molecule has 0 amide bonds. The third-order valence-electron chi connectivity index (χ3n) is 3.54. The Labute approximate surface area is 115 Å². The number of benzene rings is 1. The third-order valence-corrected chi connectivity index (χ3v) is 3.54. The maximum Gasteiger partial charge on any atom is 0.185 e. The summed E-state index contributed by atoms with van der Waals surface area (Å²) in [6.07, 6.45) is 1.94. The van der Waals surface area contributed by atoms with E-state index >= 15 is 0 Å². The van der Waals surface area contributed by atoms with Crippen molar-refractivity contribution in [2.45, 2.75) is 19.4 Å². The molecule has 1 aromatic carbocycles. The van der Waals surface area contributed by atoms with Gasteiger partial charge in [0.2, 0.25) is 0 Å². The summed E-state index contributed by atoms with van der Waals surface area (Å²) in [4.78, 5) is 0. The Morgan fingerprint density at radius 1 is 1.35 bits per heavy atom. The molecule has 1 aromatic heterocycles. The number of hydrogen-bond donors (Lipinski definition) is 1. The maximum absolute atomic E-state index is 13.9. The number of nitrogen functional groups attached to an aromatic ring is 1. The van der Waals surface area contributed by atoms with Crippen LogP contribution in [-0.4, -0.2) is 33.4 Å². The van der Waals surface area contributed by atoms with Crippen molar-refractivity contribution in [2.75, 3.05) is 18.9 Å². The molecule has 1 aliphatic rings. The van der Waals surface area contributed by atoms with Crippen LogP contribution < -0.4 is 5.73 Å². The number of halogens is 1. The van der Waals surface area contributed by atoms with E-state index in [2.05, 4.69) is 15.5 Å². The van der Waals surface area contributed by atoms with Gasteiger partial charge in [0.15, 0.2) is 5.82 Å². The SMILES string of the molecule is Nc1ccc(F)c(-c2nnnn2CC2CCOCC2)c1. The summed E-state index contributed by atoms with van der Waals surface area (Å²) in [5.41, 5.74) is 6.53. The second-order valence-corrected chi connectivity index (χ2v) is 4.98. The second kappa shape index (κ2) is 5.54. The van der Waals surface area contributed by atoms with Gasteiger partial charge < -0.3 is 10.5 Å². The molecule has 6 nitrogen and oxygen atoms in total. The van der Waals surface area contributed by atoms with Gasteiger partial charge in [-0.25, -0.2) is 9.07 Å². The standard InChI is InChI=1S/C13H16FN5O/c14-12-2-1-10(15)7-11(12)13-16-17-18-19(13)8-9-3-5-20-6-4-9/h1-2,7,9H,3-6,8,15H2. The van der Waals surface area contributed by atoms with Crippen molar-refractivity contribution in [1.29, 1.82) is 0 Å². The molecule has 2 aromatic rings. The molecule has 1 saturated heterocycles. The fraction of sp³-hybridized carbons (Fsp3) is 0.462. The lowest BCUT2D eigenvalue weighted by atomic mass is 10.0. The number of ether oxygens (including phenoxy) is 1. The highest BCUT2D eigenvalue weighted by atomic mass is 19.1. The summed E-state index contributed by atoms with van der Waals surface area (Å²) in [7, 11) is 0. The molecule has 0 aliphatic carbocycles. The average Bonchev–Trinajstić information content (AvgIpc) is 2.91. The van der Waals surface area contributed by atoms with Gasteiger partial charge in [-0.2, -0.15) is 0 Å². The van der Waals surface area contributed by atoms with Crippen LogP contribution in [0.5, 0.6) is 0 Å². The summed E-state index contributed by atoms with van der Waals surface area (Å²) < 4.78 is 20.9. The minimum atomic E-state index is -0.373. The minimum absolute atomic E-state index is 0.335. The van der Waals surface area contributed by atoms with E-state index < -0.39 is 0 Å². The summed E-state index contributed by atoms with van der Waals surface area (Å²) in [5.74, 6) is 0.499. The molecule has 3 rings (SSSR count). The number of hydrogen-bond acceptors (Lipinski definition) is 5. The van der Waals surface area contributed by atoms with Crippen LogP contribution in [0.15, 0.2) is 18.2 Å². The van der Waals surface area contributed by atoms with Gasteiger partial charge in [0.05, 0.1) is 5.56 Å². The van der Waals surface area contributed by atoms with E-state index in [1.54, 1.807) is 10.7 Å². The Bertz CT molecular complexity index is 594. The van der Waals surface area contributed by atoms with Crippen LogP contribution in [0.1, 0.15) is 12.8 Å². The monoisotopic (exact) mass is 277 g/mol. The lowest BCUT2D eigenvalue weighted by Crippen LogP contribution is -2.21. The van der Waals surface area contributed by atoms with Crippen LogP contribution in [0, 0.1) is 11.7 Å². The van der Waals surface area contributed by atoms with Gasteiger partial charge in [-0.3, -0.25) is 0 Å². The van der Waals surface area contributed by atoms with E-state index in [9.17, 15) is 4.39 Å². The molecule has 7 heteroatoms. The van der Waals surface area contributed by atoms with Crippen LogP contribution >= 0.6 is 0 Å². The van der Waals surface area contributed by atoms with Crippen LogP contribution in [-0.2, 0) is 11.3 Å². The summed E-state index contributed by atoms with van der Waals surface area (Å²) >= 11 is 0. The first-order valence-electron chi connectivity index (χ1n) is 6.63. The van der Waals surface area contributed by atoms with E-state index in [0.717, 1.165) is 26.1 Å². The van der Waals surface area contributed by atoms with Crippen molar-refractivity contribution in [1.82, 2.24) is 20.2 Å². The van der Waals surface area contributed by atoms with Gasteiger partial charge in [-0.15, -0.1) is 5.10 Å². The molecule has 2 heterocycles. The zero-order valence-corrected chi connectivity index (χ0v) is 11.0. The molecule has 2 N–H and O–H groups in total. The Hall–Kier alpha value is -2.02. The fourth-order valence-corrected chi connectivity index (χ4v) is 2.41. The lowest BCUT2D eigenvalue weighted by molar-refractivity contribution is 0.0601. The molecule has 20 heavy (non-hydrogen) atoms. The average molecular weight is 277 g/mol. The number of nitrogens with two attached hydrogens (primary N) is 1. The molecule has 0 unspecified atom stereocenters. The highest BCUT2D eigenvalue weighted by molar-refractivity contribution is 5.61. The van der Waals surface area contributed by atoms with Crippen molar-refractivity contribution < 1.29 is 9.13 Å². The fourth-order valence-electron chi connectivity index (χ4n) is 2.41. The molecule has 0 radical (unpaired) electrons. The van der Waals surface area contributed by atoms with Crippen LogP contribution in [0.3, 0.4) is 0 Å². The number of tetrazole rings is 1. The maximum atomic E-state index is 13.9. The van der Waals surface area contributed by atoms with Crippen LogP contribution in [0.2, 0.25) is 0 Å². The van der Waals surface area contributed by atoms with Gasteiger partial charge in [0, 0.05) is 25.4 Å². The van der Waals surface area contributed by atoms with Gasteiger partial charge in [0.1, 0.15) is 5.82 Å².